The van der Waals surface area contributed by atoms with Gasteiger partial charge in [-0.25, -0.2) is 18.2 Å². The molecule has 3 aromatic rings. The quantitative estimate of drug-likeness (QED) is 0.571. The molecule has 1 fully saturated rings. The molecular weight excluding hydrogens is 437 g/mol. The summed E-state index contributed by atoms with van der Waals surface area (Å²) in [5, 5.41) is 9.89. The topological polar surface area (TPSA) is 103 Å². The fraction of sp³-hybridized carbons (Fsp3) is 0.348. The number of ether oxygens (including phenoxy) is 2. The predicted octanol–water partition coefficient (Wildman–Crippen LogP) is 4.09. The lowest BCUT2D eigenvalue weighted by molar-refractivity contribution is -0.0604. The van der Waals surface area contributed by atoms with Crippen LogP contribution >= 0.6 is 0 Å². The number of anilines is 1. The second-order valence-electron chi connectivity index (χ2n) is 7.82. The van der Waals surface area contributed by atoms with Crippen LogP contribution in [0.25, 0.3) is 22.4 Å². The number of hydrogen-bond acceptors (Lipinski definition) is 7. The van der Waals surface area contributed by atoms with E-state index in [0.717, 1.165) is 0 Å². The van der Waals surface area contributed by atoms with Gasteiger partial charge in [-0.2, -0.15) is 4.98 Å². The van der Waals surface area contributed by atoms with Gasteiger partial charge >= 0.3 is 0 Å². The summed E-state index contributed by atoms with van der Waals surface area (Å²) in [6.07, 6.45) is -2.71. The van der Waals surface area contributed by atoms with Gasteiger partial charge in [-0.3, -0.25) is 4.98 Å². The summed E-state index contributed by atoms with van der Waals surface area (Å²) in [7, 11) is 0. The number of pyridine rings is 1. The highest BCUT2D eigenvalue weighted by molar-refractivity contribution is 5.85. The highest BCUT2D eigenvalue weighted by Crippen LogP contribution is 2.39. The highest BCUT2D eigenvalue weighted by atomic mass is 19.3. The van der Waals surface area contributed by atoms with Crippen molar-refractivity contribution in [3.63, 3.8) is 0 Å². The van der Waals surface area contributed by atoms with Crippen LogP contribution in [-0.4, -0.2) is 45.5 Å². The highest BCUT2D eigenvalue weighted by Gasteiger charge is 2.25. The van der Waals surface area contributed by atoms with Crippen LogP contribution in [0.1, 0.15) is 30.7 Å². The van der Waals surface area contributed by atoms with Crippen molar-refractivity contribution in [3.8, 4) is 28.3 Å². The van der Waals surface area contributed by atoms with Crippen LogP contribution in [-0.2, 0) is 4.74 Å². The second kappa shape index (κ2) is 9.72. The number of aliphatic hydroxyl groups excluding tert-OH is 1. The molecule has 10 heteroatoms. The maximum absolute atomic E-state index is 13.5. The zero-order chi connectivity index (χ0) is 23.5. The number of aromatic nitrogens is 3. The molecule has 1 saturated heterocycles. The van der Waals surface area contributed by atoms with Gasteiger partial charge in [0.05, 0.1) is 23.5 Å². The fourth-order valence-corrected chi connectivity index (χ4v) is 3.74. The van der Waals surface area contributed by atoms with Crippen LogP contribution in [0, 0.1) is 12.7 Å². The minimum absolute atomic E-state index is 0.0646. The monoisotopic (exact) mass is 460 g/mol. The minimum atomic E-state index is -2.78. The molecule has 3 heterocycles. The van der Waals surface area contributed by atoms with Gasteiger partial charge in [0, 0.05) is 24.3 Å². The lowest BCUT2D eigenvalue weighted by Crippen LogP contribution is -2.33. The maximum Gasteiger partial charge on any atom is 0.280 e. The second-order valence-corrected chi connectivity index (χ2v) is 7.82. The normalized spacial score (nSPS) is 18.5. The van der Waals surface area contributed by atoms with Crippen LogP contribution in [0.2, 0.25) is 0 Å². The average molecular weight is 460 g/mol. The first kappa shape index (κ1) is 22.9. The van der Waals surface area contributed by atoms with Crippen molar-refractivity contribution in [2.75, 3.05) is 18.9 Å². The van der Waals surface area contributed by atoms with E-state index < -0.39 is 24.0 Å². The average Bonchev–Trinajstić information content (AvgIpc) is 2.77. The number of aliphatic hydroxyl groups is 1. The van der Waals surface area contributed by atoms with Gasteiger partial charge in [-0.05, 0) is 55.3 Å². The number of alkyl halides is 2. The third-order valence-corrected chi connectivity index (χ3v) is 5.24. The molecule has 1 aliphatic rings. The standard InChI is InChI=1S/C23H23F3N4O3/c1-12-8-14(9-18(28-12)21(25)26)19-20(13-2-4-15(24)5-3-13)29-23(27)30-22(19)33-11-17-10-16(31)6-7-32-17/h2-5,8-9,16-17,21,31H,6-7,10-11H2,1H3,(H2,27,29,30). The number of nitrogens with zero attached hydrogens (tertiary/aromatic N) is 3. The summed E-state index contributed by atoms with van der Waals surface area (Å²) in [5.74, 6) is -0.472. The number of nitrogens with two attached hydrogens (primary N) is 1. The Morgan fingerprint density at radius 3 is 2.61 bits per heavy atom. The Balaban J connectivity index is 1.82. The van der Waals surface area contributed by atoms with Crippen molar-refractivity contribution in [1.82, 2.24) is 15.0 Å². The summed E-state index contributed by atoms with van der Waals surface area (Å²) >= 11 is 0. The zero-order valence-corrected chi connectivity index (χ0v) is 17.8. The SMILES string of the molecule is Cc1cc(-c2c(OCC3CC(O)CCO3)nc(N)nc2-c2ccc(F)cc2)cc(C(F)F)n1. The summed E-state index contributed by atoms with van der Waals surface area (Å²) in [6, 6.07) is 8.39. The molecule has 0 aliphatic carbocycles. The third kappa shape index (κ3) is 5.40. The van der Waals surface area contributed by atoms with Gasteiger partial charge in [0.2, 0.25) is 11.8 Å². The van der Waals surface area contributed by atoms with E-state index in [1.54, 1.807) is 13.0 Å². The van der Waals surface area contributed by atoms with E-state index in [4.69, 9.17) is 15.2 Å². The van der Waals surface area contributed by atoms with Gasteiger partial charge in [-0.15, -0.1) is 0 Å². The first-order valence-corrected chi connectivity index (χ1v) is 10.4. The van der Waals surface area contributed by atoms with Gasteiger partial charge in [0.25, 0.3) is 6.43 Å². The van der Waals surface area contributed by atoms with Gasteiger partial charge in [0.15, 0.2) is 0 Å². The van der Waals surface area contributed by atoms with Crippen molar-refractivity contribution in [2.24, 2.45) is 0 Å². The predicted molar refractivity (Wildman–Crippen MR) is 115 cm³/mol. The molecule has 0 saturated carbocycles. The van der Waals surface area contributed by atoms with Crippen LogP contribution < -0.4 is 10.5 Å². The van der Waals surface area contributed by atoms with E-state index in [1.165, 1.54) is 30.3 Å². The first-order valence-electron chi connectivity index (χ1n) is 10.4. The van der Waals surface area contributed by atoms with Gasteiger partial charge in [0.1, 0.15) is 18.1 Å². The van der Waals surface area contributed by atoms with Gasteiger partial charge in [-0.1, -0.05) is 0 Å². The molecule has 0 radical (unpaired) electrons. The lowest BCUT2D eigenvalue weighted by Gasteiger charge is -2.26. The summed E-state index contributed by atoms with van der Waals surface area (Å²) in [4.78, 5) is 12.4. The molecule has 3 N–H and O–H groups in total. The Morgan fingerprint density at radius 2 is 1.91 bits per heavy atom. The largest absolute Gasteiger partial charge is 0.474 e. The molecule has 1 aliphatic heterocycles. The van der Waals surface area contributed by atoms with Crippen molar-refractivity contribution < 1.29 is 27.8 Å². The smallest absolute Gasteiger partial charge is 0.280 e. The van der Waals surface area contributed by atoms with Crippen LogP contribution in [0.15, 0.2) is 36.4 Å². The number of aryl methyl sites for hydroxylation is 1. The van der Waals surface area contributed by atoms with Crippen molar-refractivity contribution >= 4 is 5.95 Å². The molecular formula is C23H23F3N4O3. The fourth-order valence-electron chi connectivity index (χ4n) is 3.74. The Morgan fingerprint density at radius 1 is 1.15 bits per heavy atom. The van der Waals surface area contributed by atoms with Crippen LogP contribution in [0.4, 0.5) is 19.1 Å². The molecule has 1 aromatic carbocycles. The van der Waals surface area contributed by atoms with E-state index in [0.29, 0.717) is 47.5 Å². The zero-order valence-electron chi connectivity index (χ0n) is 17.8. The number of hydrogen-bond donors (Lipinski definition) is 2. The molecule has 2 aromatic heterocycles. The Labute approximate surface area is 188 Å². The number of halogens is 3. The maximum atomic E-state index is 13.5. The van der Waals surface area contributed by atoms with E-state index in [-0.39, 0.29) is 24.5 Å². The Hall–Kier alpha value is -3.24. The van der Waals surface area contributed by atoms with Crippen molar-refractivity contribution in [1.29, 1.82) is 0 Å². The van der Waals surface area contributed by atoms with E-state index in [9.17, 15) is 18.3 Å². The molecule has 174 valence electrons. The molecule has 0 spiro atoms. The van der Waals surface area contributed by atoms with E-state index >= 15 is 0 Å². The molecule has 7 nitrogen and oxygen atoms in total. The molecule has 2 atom stereocenters. The number of rotatable bonds is 6. The molecule has 2 unspecified atom stereocenters. The van der Waals surface area contributed by atoms with Crippen LogP contribution in [0.5, 0.6) is 5.88 Å². The summed E-state index contributed by atoms with van der Waals surface area (Å²) < 4.78 is 52.1. The first-order chi connectivity index (χ1) is 15.8. The molecule has 33 heavy (non-hydrogen) atoms. The van der Waals surface area contributed by atoms with Crippen molar-refractivity contribution in [2.45, 2.75) is 38.4 Å². The number of nitrogen functional groups attached to an aromatic ring is 1. The lowest BCUT2D eigenvalue weighted by atomic mass is 9.99. The summed E-state index contributed by atoms with van der Waals surface area (Å²) in [5.41, 5.74) is 7.38. The molecule has 4 rings (SSSR count). The summed E-state index contributed by atoms with van der Waals surface area (Å²) in [6.45, 7) is 2.06. The van der Waals surface area contributed by atoms with E-state index in [1.807, 2.05) is 0 Å². The minimum Gasteiger partial charge on any atom is -0.474 e. The Bertz CT molecular complexity index is 1130. The number of benzene rings is 1. The molecule has 0 amide bonds. The van der Waals surface area contributed by atoms with Crippen molar-refractivity contribution in [3.05, 3.63) is 53.6 Å². The van der Waals surface area contributed by atoms with E-state index in [2.05, 4.69) is 15.0 Å². The Kier molecular flexibility index (Phi) is 6.75. The third-order valence-electron chi connectivity index (χ3n) is 5.24. The molecule has 0 bridgehead atoms. The van der Waals surface area contributed by atoms with Gasteiger partial charge < -0.3 is 20.3 Å². The van der Waals surface area contributed by atoms with Crippen LogP contribution in [0.3, 0.4) is 0 Å².